The molecule has 1 aliphatic rings. The second-order valence-corrected chi connectivity index (χ2v) is 5.48. The Morgan fingerprint density at radius 2 is 1.95 bits per heavy atom. The van der Waals surface area contributed by atoms with Gasteiger partial charge in [0.05, 0.1) is 6.61 Å². The molecule has 0 saturated heterocycles. The SMILES string of the molecule is CCCC1CCCC(NCCOCC(F)(F)F)CC1. The van der Waals surface area contributed by atoms with E-state index in [1.54, 1.807) is 0 Å². The van der Waals surface area contributed by atoms with Gasteiger partial charge in [0, 0.05) is 12.6 Å². The van der Waals surface area contributed by atoms with Crippen molar-refractivity contribution in [1.29, 1.82) is 0 Å². The number of ether oxygens (including phenoxy) is 1. The van der Waals surface area contributed by atoms with Gasteiger partial charge in [0.15, 0.2) is 0 Å². The lowest BCUT2D eigenvalue weighted by molar-refractivity contribution is -0.173. The number of alkyl halides is 3. The molecule has 0 aromatic rings. The van der Waals surface area contributed by atoms with Gasteiger partial charge in [-0.15, -0.1) is 0 Å². The van der Waals surface area contributed by atoms with Crippen molar-refractivity contribution in [2.45, 2.75) is 64.1 Å². The quantitative estimate of drug-likeness (QED) is 0.564. The van der Waals surface area contributed by atoms with Crippen LogP contribution in [-0.4, -0.2) is 32.0 Å². The van der Waals surface area contributed by atoms with Crippen LogP contribution in [0.3, 0.4) is 0 Å². The van der Waals surface area contributed by atoms with Gasteiger partial charge in [-0.1, -0.05) is 32.6 Å². The lowest BCUT2D eigenvalue weighted by atomic mass is 9.95. The molecule has 0 spiro atoms. The summed E-state index contributed by atoms with van der Waals surface area (Å²) < 4.78 is 40.2. The third-order valence-electron chi connectivity index (χ3n) is 3.73. The van der Waals surface area contributed by atoms with Crippen LogP contribution >= 0.6 is 0 Å². The van der Waals surface area contributed by atoms with Gasteiger partial charge in [-0.05, 0) is 25.2 Å². The summed E-state index contributed by atoms with van der Waals surface area (Å²) in [6.45, 7) is 1.73. The summed E-state index contributed by atoms with van der Waals surface area (Å²) in [6.07, 6.45) is 4.39. The molecule has 1 N–H and O–H groups in total. The molecule has 1 fully saturated rings. The molecule has 1 aliphatic carbocycles. The van der Waals surface area contributed by atoms with E-state index in [1.807, 2.05) is 0 Å². The van der Waals surface area contributed by atoms with Crippen molar-refractivity contribution in [2.75, 3.05) is 19.8 Å². The average Bonchev–Trinajstić information content (AvgIpc) is 2.54. The van der Waals surface area contributed by atoms with Gasteiger partial charge in [0.25, 0.3) is 0 Å². The highest BCUT2D eigenvalue weighted by atomic mass is 19.4. The Morgan fingerprint density at radius 3 is 2.63 bits per heavy atom. The van der Waals surface area contributed by atoms with E-state index in [1.165, 1.54) is 32.1 Å². The molecule has 0 aromatic heterocycles. The van der Waals surface area contributed by atoms with Crippen molar-refractivity contribution in [3.05, 3.63) is 0 Å². The highest BCUT2D eigenvalue weighted by Gasteiger charge is 2.27. The Bertz CT molecular complexity index is 233. The minimum atomic E-state index is -4.21. The molecule has 0 bridgehead atoms. The van der Waals surface area contributed by atoms with Gasteiger partial charge >= 0.3 is 6.18 Å². The van der Waals surface area contributed by atoms with Crippen LogP contribution in [0.25, 0.3) is 0 Å². The lowest BCUT2D eigenvalue weighted by Crippen LogP contribution is -2.32. The smallest absolute Gasteiger partial charge is 0.371 e. The summed E-state index contributed by atoms with van der Waals surface area (Å²) in [5, 5.41) is 3.32. The fourth-order valence-corrected chi connectivity index (χ4v) is 2.80. The van der Waals surface area contributed by atoms with Crippen LogP contribution in [0.1, 0.15) is 51.9 Å². The van der Waals surface area contributed by atoms with Gasteiger partial charge in [-0.3, -0.25) is 0 Å². The zero-order chi connectivity index (χ0) is 14.1. The third-order valence-corrected chi connectivity index (χ3v) is 3.73. The highest BCUT2D eigenvalue weighted by Crippen LogP contribution is 2.26. The van der Waals surface area contributed by atoms with Crippen LogP contribution in [0.5, 0.6) is 0 Å². The molecule has 0 aliphatic heterocycles. The first kappa shape index (κ1) is 16.8. The summed E-state index contributed by atoms with van der Waals surface area (Å²) in [6, 6.07) is 0.455. The first-order chi connectivity index (χ1) is 9.01. The summed E-state index contributed by atoms with van der Waals surface area (Å²) >= 11 is 0. The second kappa shape index (κ2) is 8.80. The topological polar surface area (TPSA) is 21.3 Å². The van der Waals surface area contributed by atoms with E-state index in [0.717, 1.165) is 18.8 Å². The molecule has 2 nitrogen and oxygen atoms in total. The molecule has 114 valence electrons. The maximum absolute atomic E-state index is 11.9. The van der Waals surface area contributed by atoms with Crippen LogP contribution in [-0.2, 0) is 4.74 Å². The third kappa shape index (κ3) is 8.47. The zero-order valence-electron chi connectivity index (χ0n) is 11.8. The van der Waals surface area contributed by atoms with Crippen molar-refractivity contribution in [3.63, 3.8) is 0 Å². The van der Waals surface area contributed by atoms with Crippen molar-refractivity contribution in [2.24, 2.45) is 5.92 Å². The number of hydrogen-bond acceptors (Lipinski definition) is 2. The second-order valence-electron chi connectivity index (χ2n) is 5.48. The van der Waals surface area contributed by atoms with E-state index in [9.17, 15) is 13.2 Å². The minimum Gasteiger partial charge on any atom is -0.371 e. The van der Waals surface area contributed by atoms with Crippen LogP contribution < -0.4 is 5.32 Å². The Kier molecular flexibility index (Phi) is 7.76. The Morgan fingerprint density at radius 1 is 1.16 bits per heavy atom. The standard InChI is InChI=1S/C14H26F3NO/c1-2-4-12-5-3-6-13(8-7-12)18-9-10-19-11-14(15,16)17/h12-13,18H,2-11H2,1H3. The highest BCUT2D eigenvalue weighted by molar-refractivity contribution is 4.74. The maximum Gasteiger partial charge on any atom is 0.411 e. The molecule has 1 saturated carbocycles. The normalized spacial score (nSPS) is 25.3. The summed E-state index contributed by atoms with van der Waals surface area (Å²) in [4.78, 5) is 0. The molecule has 0 radical (unpaired) electrons. The Balaban J connectivity index is 2.06. The molecule has 0 amide bonds. The predicted molar refractivity (Wildman–Crippen MR) is 70.1 cm³/mol. The monoisotopic (exact) mass is 281 g/mol. The molecule has 2 atom stereocenters. The van der Waals surface area contributed by atoms with Crippen LogP contribution in [0.2, 0.25) is 0 Å². The van der Waals surface area contributed by atoms with Gasteiger partial charge in [-0.2, -0.15) is 13.2 Å². The van der Waals surface area contributed by atoms with E-state index >= 15 is 0 Å². The number of nitrogens with one attached hydrogen (secondary N) is 1. The number of rotatable bonds is 7. The van der Waals surface area contributed by atoms with E-state index in [-0.39, 0.29) is 6.61 Å². The summed E-state index contributed by atoms with van der Waals surface area (Å²) in [5.41, 5.74) is 0. The zero-order valence-corrected chi connectivity index (χ0v) is 11.8. The molecular weight excluding hydrogens is 255 g/mol. The number of hydrogen-bond donors (Lipinski definition) is 1. The molecule has 5 heteroatoms. The predicted octanol–water partition coefficient (Wildman–Crippen LogP) is 3.90. The fraction of sp³-hybridized carbons (Fsp3) is 1.00. The molecule has 0 aromatic carbocycles. The fourth-order valence-electron chi connectivity index (χ4n) is 2.80. The van der Waals surface area contributed by atoms with Gasteiger partial charge in [-0.25, -0.2) is 0 Å². The first-order valence-electron chi connectivity index (χ1n) is 7.39. The molecule has 2 unspecified atom stereocenters. The summed E-state index contributed by atoms with van der Waals surface area (Å²) in [7, 11) is 0. The summed E-state index contributed by atoms with van der Waals surface area (Å²) in [5.74, 6) is 0.846. The van der Waals surface area contributed by atoms with Gasteiger partial charge < -0.3 is 10.1 Å². The van der Waals surface area contributed by atoms with Crippen molar-refractivity contribution in [3.8, 4) is 0 Å². The van der Waals surface area contributed by atoms with Crippen molar-refractivity contribution >= 4 is 0 Å². The Labute approximate surface area is 114 Å². The molecule has 1 rings (SSSR count). The lowest BCUT2D eigenvalue weighted by Gasteiger charge is -2.17. The minimum absolute atomic E-state index is 0.133. The largest absolute Gasteiger partial charge is 0.411 e. The van der Waals surface area contributed by atoms with Gasteiger partial charge in [0.2, 0.25) is 0 Å². The van der Waals surface area contributed by atoms with E-state index in [4.69, 9.17) is 0 Å². The van der Waals surface area contributed by atoms with Gasteiger partial charge in [0.1, 0.15) is 6.61 Å². The average molecular weight is 281 g/mol. The van der Waals surface area contributed by atoms with E-state index in [2.05, 4.69) is 17.0 Å². The first-order valence-corrected chi connectivity index (χ1v) is 7.39. The maximum atomic E-state index is 11.9. The van der Waals surface area contributed by atoms with Crippen LogP contribution in [0.15, 0.2) is 0 Å². The van der Waals surface area contributed by atoms with Crippen LogP contribution in [0, 0.1) is 5.92 Å². The Hall–Kier alpha value is -0.290. The van der Waals surface area contributed by atoms with Crippen molar-refractivity contribution < 1.29 is 17.9 Å². The van der Waals surface area contributed by atoms with Crippen LogP contribution in [0.4, 0.5) is 13.2 Å². The van der Waals surface area contributed by atoms with E-state index < -0.39 is 12.8 Å². The number of halogens is 3. The molecular formula is C14H26F3NO. The molecule has 0 heterocycles. The van der Waals surface area contributed by atoms with E-state index in [0.29, 0.717) is 12.6 Å². The molecule has 19 heavy (non-hydrogen) atoms. The van der Waals surface area contributed by atoms with Crippen molar-refractivity contribution in [1.82, 2.24) is 5.32 Å².